The molecule has 94 valence electrons. The van der Waals surface area contributed by atoms with Crippen LogP contribution in [0.25, 0.3) is 0 Å². The van der Waals surface area contributed by atoms with E-state index in [0.29, 0.717) is 0 Å². The van der Waals surface area contributed by atoms with Crippen molar-refractivity contribution in [2.24, 2.45) is 5.73 Å². The van der Waals surface area contributed by atoms with E-state index in [2.05, 4.69) is 30.9 Å². The number of hydrogen-bond acceptors (Lipinski definition) is 3. The molecule has 1 fully saturated rings. The molecule has 0 aliphatic carbocycles. The summed E-state index contributed by atoms with van der Waals surface area (Å²) in [6, 6.07) is 6.32. The van der Waals surface area contributed by atoms with Gasteiger partial charge in [-0.3, -0.25) is 0 Å². The molecular formula is C14H22N2O. The molecule has 3 heteroatoms. The van der Waals surface area contributed by atoms with Crippen molar-refractivity contribution in [3.8, 4) is 5.75 Å². The molecule has 1 aliphatic rings. The molecule has 2 rings (SSSR count). The van der Waals surface area contributed by atoms with Gasteiger partial charge in [0.15, 0.2) is 0 Å². The molecule has 0 atom stereocenters. The molecule has 0 saturated carbocycles. The highest BCUT2D eigenvalue weighted by atomic mass is 16.5. The molecule has 0 spiro atoms. The van der Waals surface area contributed by atoms with Gasteiger partial charge in [0, 0.05) is 18.6 Å². The number of piperidine rings is 1. The number of ether oxygens (including phenoxy) is 1. The Bertz CT molecular complexity index is 391. The average Bonchev–Trinajstić information content (AvgIpc) is 2.29. The Hall–Kier alpha value is -1.22. The number of nitrogens with zero attached hydrogens (tertiary/aromatic N) is 1. The van der Waals surface area contributed by atoms with E-state index in [0.717, 1.165) is 31.7 Å². The van der Waals surface area contributed by atoms with E-state index < -0.39 is 0 Å². The Kier molecular flexibility index (Phi) is 3.29. The van der Waals surface area contributed by atoms with Crippen LogP contribution < -0.4 is 15.4 Å². The van der Waals surface area contributed by atoms with Crippen LogP contribution in [0, 0.1) is 6.92 Å². The van der Waals surface area contributed by atoms with Gasteiger partial charge in [-0.05, 0) is 44.4 Å². The maximum atomic E-state index is 6.16. The third-order valence-electron chi connectivity index (χ3n) is 3.58. The fraction of sp³-hybridized carbons (Fsp3) is 0.571. The van der Waals surface area contributed by atoms with E-state index >= 15 is 0 Å². The summed E-state index contributed by atoms with van der Waals surface area (Å²) in [5.74, 6) is 0.955. The zero-order valence-electron chi connectivity index (χ0n) is 11.0. The number of hydrogen-bond donors (Lipinski definition) is 1. The van der Waals surface area contributed by atoms with Gasteiger partial charge in [0.2, 0.25) is 0 Å². The normalized spacial score (nSPS) is 19.2. The SMILES string of the molecule is COc1ccc(C)cc1N1CCC(C)(N)CC1. The standard InChI is InChI=1S/C14H22N2O/c1-11-4-5-13(17-3)12(10-11)16-8-6-14(2,15)7-9-16/h4-5,10H,6-9,15H2,1-3H3. The van der Waals surface area contributed by atoms with Crippen LogP contribution in [-0.2, 0) is 0 Å². The fourth-order valence-electron chi connectivity index (χ4n) is 2.31. The number of aryl methyl sites for hydroxylation is 1. The summed E-state index contributed by atoms with van der Waals surface area (Å²) < 4.78 is 5.43. The molecule has 3 nitrogen and oxygen atoms in total. The van der Waals surface area contributed by atoms with Gasteiger partial charge in [0.1, 0.15) is 5.75 Å². The molecule has 1 saturated heterocycles. The number of anilines is 1. The Morgan fingerprint density at radius 2 is 1.94 bits per heavy atom. The van der Waals surface area contributed by atoms with Crippen molar-refractivity contribution in [1.29, 1.82) is 0 Å². The van der Waals surface area contributed by atoms with Crippen LogP contribution in [0.5, 0.6) is 5.75 Å². The van der Waals surface area contributed by atoms with Crippen molar-refractivity contribution >= 4 is 5.69 Å². The molecule has 0 amide bonds. The van der Waals surface area contributed by atoms with E-state index in [-0.39, 0.29) is 5.54 Å². The van der Waals surface area contributed by atoms with Crippen LogP contribution >= 0.6 is 0 Å². The van der Waals surface area contributed by atoms with Crippen LogP contribution in [-0.4, -0.2) is 25.7 Å². The van der Waals surface area contributed by atoms with Crippen molar-refractivity contribution in [2.45, 2.75) is 32.2 Å². The third-order valence-corrected chi connectivity index (χ3v) is 3.58. The van der Waals surface area contributed by atoms with Gasteiger partial charge in [-0.25, -0.2) is 0 Å². The average molecular weight is 234 g/mol. The quantitative estimate of drug-likeness (QED) is 0.853. The van der Waals surface area contributed by atoms with Gasteiger partial charge >= 0.3 is 0 Å². The molecular weight excluding hydrogens is 212 g/mol. The summed E-state index contributed by atoms with van der Waals surface area (Å²) in [7, 11) is 1.73. The van der Waals surface area contributed by atoms with Crippen molar-refractivity contribution in [3.05, 3.63) is 23.8 Å². The second kappa shape index (κ2) is 4.57. The van der Waals surface area contributed by atoms with Gasteiger partial charge in [-0.1, -0.05) is 6.07 Å². The highest BCUT2D eigenvalue weighted by Crippen LogP contribution is 2.32. The zero-order valence-corrected chi connectivity index (χ0v) is 11.0. The van der Waals surface area contributed by atoms with Crippen molar-refractivity contribution in [2.75, 3.05) is 25.1 Å². The predicted octanol–water partition coefficient (Wildman–Crippen LogP) is 2.32. The van der Waals surface area contributed by atoms with Crippen LogP contribution in [0.15, 0.2) is 18.2 Å². The van der Waals surface area contributed by atoms with Crippen LogP contribution in [0.3, 0.4) is 0 Å². The lowest BCUT2D eigenvalue weighted by Gasteiger charge is -2.38. The van der Waals surface area contributed by atoms with Crippen molar-refractivity contribution < 1.29 is 4.74 Å². The van der Waals surface area contributed by atoms with E-state index in [4.69, 9.17) is 10.5 Å². The first-order valence-corrected chi connectivity index (χ1v) is 6.20. The van der Waals surface area contributed by atoms with Crippen molar-refractivity contribution in [3.63, 3.8) is 0 Å². The lowest BCUT2D eigenvalue weighted by Crippen LogP contribution is -2.48. The van der Waals surface area contributed by atoms with Gasteiger partial charge in [0.25, 0.3) is 0 Å². The largest absolute Gasteiger partial charge is 0.495 e. The molecule has 0 aromatic heterocycles. The van der Waals surface area contributed by atoms with E-state index in [1.807, 2.05) is 6.07 Å². The molecule has 2 N–H and O–H groups in total. The van der Waals surface area contributed by atoms with Gasteiger partial charge in [-0.15, -0.1) is 0 Å². The third kappa shape index (κ3) is 2.72. The molecule has 0 bridgehead atoms. The molecule has 1 aromatic rings. The Morgan fingerprint density at radius 1 is 1.29 bits per heavy atom. The molecule has 0 unspecified atom stereocenters. The summed E-state index contributed by atoms with van der Waals surface area (Å²) in [6.07, 6.45) is 2.06. The lowest BCUT2D eigenvalue weighted by molar-refractivity contribution is 0.359. The number of nitrogens with two attached hydrogens (primary N) is 1. The molecule has 1 aliphatic heterocycles. The zero-order chi connectivity index (χ0) is 12.5. The number of benzene rings is 1. The summed E-state index contributed by atoms with van der Waals surface area (Å²) in [6.45, 7) is 6.26. The van der Waals surface area contributed by atoms with E-state index in [9.17, 15) is 0 Å². The Morgan fingerprint density at radius 3 is 2.53 bits per heavy atom. The topological polar surface area (TPSA) is 38.5 Å². The minimum atomic E-state index is -0.00639. The van der Waals surface area contributed by atoms with Crippen molar-refractivity contribution in [1.82, 2.24) is 0 Å². The molecule has 1 heterocycles. The van der Waals surface area contributed by atoms with Gasteiger partial charge in [-0.2, -0.15) is 0 Å². The maximum Gasteiger partial charge on any atom is 0.142 e. The Balaban J connectivity index is 2.20. The van der Waals surface area contributed by atoms with Gasteiger partial charge < -0.3 is 15.4 Å². The predicted molar refractivity (Wildman–Crippen MR) is 71.8 cm³/mol. The first-order valence-electron chi connectivity index (χ1n) is 6.20. The lowest BCUT2D eigenvalue weighted by atomic mass is 9.90. The summed E-state index contributed by atoms with van der Waals surface area (Å²) in [5.41, 5.74) is 8.62. The second-order valence-corrected chi connectivity index (χ2v) is 5.32. The number of methoxy groups -OCH3 is 1. The molecule has 0 radical (unpaired) electrons. The minimum absolute atomic E-state index is 0.00639. The van der Waals surface area contributed by atoms with Gasteiger partial charge in [0.05, 0.1) is 12.8 Å². The van der Waals surface area contributed by atoms with E-state index in [1.165, 1.54) is 11.3 Å². The van der Waals surface area contributed by atoms with Crippen LogP contribution in [0.2, 0.25) is 0 Å². The maximum absolute atomic E-state index is 6.16. The monoisotopic (exact) mass is 234 g/mol. The summed E-state index contributed by atoms with van der Waals surface area (Å²) >= 11 is 0. The first-order chi connectivity index (χ1) is 8.02. The van der Waals surface area contributed by atoms with Crippen LogP contribution in [0.4, 0.5) is 5.69 Å². The van der Waals surface area contributed by atoms with Crippen LogP contribution in [0.1, 0.15) is 25.3 Å². The minimum Gasteiger partial charge on any atom is -0.495 e. The Labute approximate surface area is 104 Å². The van der Waals surface area contributed by atoms with E-state index in [1.54, 1.807) is 7.11 Å². The molecule has 17 heavy (non-hydrogen) atoms. The highest BCUT2D eigenvalue weighted by molar-refractivity contribution is 5.60. The fourth-order valence-corrected chi connectivity index (χ4v) is 2.31. The highest BCUT2D eigenvalue weighted by Gasteiger charge is 2.27. The number of rotatable bonds is 2. The first kappa shape index (κ1) is 12.2. The summed E-state index contributed by atoms with van der Waals surface area (Å²) in [4.78, 5) is 2.38. The smallest absolute Gasteiger partial charge is 0.142 e. The molecule has 1 aromatic carbocycles. The summed E-state index contributed by atoms with van der Waals surface area (Å²) in [5, 5.41) is 0. The second-order valence-electron chi connectivity index (χ2n) is 5.32.